The first-order valence-electron chi connectivity index (χ1n) is 7.58. The molecule has 0 spiro atoms. The maximum atomic E-state index is 12.4. The molecule has 120 valence electrons. The number of nitrogens with zero attached hydrogens (tertiary/aromatic N) is 5. The first-order chi connectivity index (χ1) is 10.5. The Morgan fingerprint density at radius 2 is 2.09 bits per heavy atom. The van der Waals surface area contributed by atoms with Gasteiger partial charge in [0.05, 0.1) is 25.0 Å². The number of amides is 2. The fraction of sp³-hybridized carbons (Fsp3) is 0.533. The molecule has 0 unspecified atom stereocenters. The second-order valence-electron chi connectivity index (χ2n) is 5.34. The molecular weight excluding hydrogens is 280 g/mol. The average Bonchev–Trinajstić information content (AvgIpc) is 3.13. The summed E-state index contributed by atoms with van der Waals surface area (Å²) < 4.78 is 3.59. The minimum atomic E-state index is -0.0805. The predicted molar refractivity (Wildman–Crippen MR) is 84.1 cm³/mol. The van der Waals surface area contributed by atoms with Crippen LogP contribution in [0, 0.1) is 0 Å². The Balaban J connectivity index is 1.96. The molecule has 1 N–H and O–H groups in total. The van der Waals surface area contributed by atoms with Crippen LogP contribution in [0.2, 0.25) is 0 Å². The van der Waals surface area contributed by atoms with Crippen molar-refractivity contribution in [1.29, 1.82) is 0 Å². The molecule has 22 heavy (non-hydrogen) atoms. The van der Waals surface area contributed by atoms with Gasteiger partial charge in [0.25, 0.3) is 0 Å². The van der Waals surface area contributed by atoms with Crippen molar-refractivity contribution in [3.63, 3.8) is 0 Å². The van der Waals surface area contributed by atoms with E-state index < -0.39 is 0 Å². The minimum Gasteiger partial charge on any atom is -0.331 e. The van der Waals surface area contributed by atoms with Gasteiger partial charge in [0, 0.05) is 43.7 Å². The number of rotatable bonds is 6. The smallest absolute Gasteiger partial charge is 0.318 e. The van der Waals surface area contributed by atoms with E-state index in [-0.39, 0.29) is 12.1 Å². The van der Waals surface area contributed by atoms with Gasteiger partial charge in [-0.05, 0) is 20.8 Å². The standard InChI is InChI=1S/C15H24N6O/c1-5-20(9-13-7-17-21(6-2)10-13)15(22)18-12(3)14-8-16-19(4)11-14/h7-8,10-12H,5-6,9H2,1-4H3,(H,18,22)/t12-/m0/s1. The van der Waals surface area contributed by atoms with E-state index in [0.29, 0.717) is 13.1 Å². The Kier molecular flexibility index (Phi) is 5.19. The molecule has 0 aliphatic rings. The fourth-order valence-electron chi connectivity index (χ4n) is 2.23. The molecule has 2 aromatic heterocycles. The van der Waals surface area contributed by atoms with E-state index in [2.05, 4.69) is 15.5 Å². The van der Waals surface area contributed by atoms with Crippen molar-refractivity contribution < 1.29 is 4.79 Å². The molecule has 7 heteroatoms. The Morgan fingerprint density at radius 3 is 2.64 bits per heavy atom. The maximum Gasteiger partial charge on any atom is 0.318 e. The van der Waals surface area contributed by atoms with Crippen LogP contribution in [0.3, 0.4) is 0 Å². The van der Waals surface area contributed by atoms with Gasteiger partial charge >= 0.3 is 6.03 Å². The molecule has 1 atom stereocenters. The molecule has 2 rings (SSSR count). The largest absolute Gasteiger partial charge is 0.331 e. The molecule has 0 bridgehead atoms. The number of nitrogens with one attached hydrogen (secondary N) is 1. The van der Waals surface area contributed by atoms with Crippen LogP contribution in [-0.4, -0.2) is 37.0 Å². The second-order valence-corrected chi connectivity index (χ2v) is 5.34. The van der Waals surface area contributed by atoms with E-state index in [1.54, 1.807) is 15.8 Å². The van der Waals surface area contributed by atoms with Crippen molar-refractivity contribution >= 4 is 6.03 Å². The Labute approximate surface area is 130 Å². The number of aromatic nitrogens is 4. The molecule has 0 saturated heterocycles. The van der Waals surface area contributed by atoms with Gasteiger partial charge in [-0.3, -0.25) is 9.36 Å². The molecule has 2 amide bonds. The summed E-state index contributed by atoms with van der Waals surface area (Å²) in [6, 6.07) is -0.156. The number of hydrogen-bond acceptors (Lipinski definition) is 3. The monoisotopic (exact) mass is 304 g/mol. The normalized spacial score (nSPS) is 12.2. The maximum absolute atomic E-state index is 12.4. The van der Waals surface area contributed by atoms with Crippen LogP contribution in [0.5, 0.6) is 0 Å². The van der Waals surface area contributed by atoms with Gasteiger partial charge in [0.2, 0.25) is 0 Å². The van der Waals surface area contributed by atoms with E-state index in [1.165, 1.54) is 0 Å². The molecular formula is C15H24N6O. The molecule has 2 aromatic rings. The molecule has 0 aliphatic heterocycles. The van der Waals surface area contributed by atoms with Gasteiger partial charge in [-0.25, -0.2) is 4.79 Å². The van der Waals surface area contributed by atoms with Crippen LogP contribution in [0.25, 0.3) is 0 Å². The number of hydrogen-bond donors (Lipinski definition) is 1. The topological polar surface area (TPSA) is 68.0 Å². The zero-order valence-corrected chi connectivity index (χ0v) is 13.7. The van der Waals surface area contributed by atoms with Crippen LogP contribution < -0.4 is 5.32 Å². The van der Waals surface area contributed by atoms with Crippen LogP contribution in [0.4, 0.5) is 4.79 Å². The Bertz CT molecular complexity index is 617. The summed E-state index contributed by atoms with van der Waals surface area (Å²) in [6.07, 6.45) is 7.46. The predicted octanol–water partition coefficient (Wildman–Crippen LogP) is 1.93. The highest BCUT2D eigenvalue weighted by Gasteiger charge is 2.17. The highest BCUT2D eigenvalue weighted by Crippen LogP contribution is 2.12. The summed E-state index contributed by atoms with van der Waals surface area (Å²) in [5, 5.41) is 11.4. The van der Waals surface area contributed by atoms with E-state index in [0.717, 1.165) is 17.7 Å². The average molecular weight is 304 g/mol. The van der Waals surface area contributed by atoms with Gasteiger partial charge in [0.15, 0.2) is 0 Å². The summed E-state index contributed by atoms with van der Waals surface area (Å²) in [5.74, 6) is 0. The van der Waals surface area contributed by atoms with Gasteiger partial charge in [-0.2, -0.15) is 10.2 Å². The number of urea groups is 1. The summed E-state index contributed by atoms with van der Waals surface area (Å²) in [4.78, 5) is 14.2. The molecule has 7 nitrogen and oxygen atoms in total. The summed E-state index contributed by atoms with van der Waals surface area (Å²) >= 11 is 0. The lowest BCUT2D eigenvalue weighted by molar-refractivity contribution is 0.195. The van der Waals surface area contributed by atoms with E-state index in [4.69, 9.17) is 0 Å². The zero-order chi connectivity index (χ0) is 16.1. The Morgan fingerprint density at radius 1 is 1.32 bits per heavy atom. The third-order valence-corrected chi connectivity index (χ3v) is 3.62. The van der Waals surface area contributed by atoms with Crippen molar-refractivity contribution in [1.82, 2.24) is 29.8 Å². The first kappa shape index (κ1) is 16.1. The third-order valence-electron chi connectivity index (χ3n) is 3.62. The van der Waals surface area contributed by atoms with Crippen LogP contribution in [0.15, 0.2) is 24.8 Å². The molecule has 0 fully saturated rings. The quantitative estimate of drug-likeness (QED) is 0.886. The summed E-state index contributed by atoms with van der Waals surface area (Å²) in [5.41, 5.74) is 2.03. The van der Waals surface area contributed by atoms with Crippen LogP contribution in [0.1, 0.15) is 37.9 Å². The van der Waals surface area contributed by atoms with Gasteiger partial charge < -0.3 is 10.2 Å². The number of carbonyl (C=O) groups excluding carboxylic acids is 1. The first-order valence-corrected chi connectivity index (χ1v) is 7.58. The lowest BCUT2D eigenvalue weighted by Gasteiger charge is -2.23. The van der Waals surface area contributed by atoms with E-state index in [1.807, 2.05) is 51.1 Å². The Hall–Kier alpha value is -2.31. The molecule has 0 aromatic carbocycles. The third kappa shape index (κ3) is 3.87. The van der Waals surface area contributed by atoms with E-state index in [9.17, 15) is 4.79 Å². The number of carbonyl (C=O) groups is 1. The van der Waals surface area contributed by atoms with Crippen molar-refractivity contribution in [2.45, 2.75) is 39.9 Å². The molecule has 0 radical (unpaired) electrons. The fourth-order valence-corrected chi connectivity index (χ4v) is 2.23. The van der Waals surface area contributed by atoms with E-state index >= 15 is 0 Å². The van der Waals surface area contributed by atoms with Crippen LogP contribution in [-0.2, 0) is 20.1 Å². The SMILES string of the molecule is CCN(Cc1cnn(CC)c1)C(=O)N[C@@H](C)c1cnn(C)c1. The summed E-state index contributed by atoms with van der Waals surface area (Å²) in [7, 11) is 1.86. The second kappa shape index (κ2) is 7.11. The van der Waals surface area contributed by atoms with Gasteiger partial charge in [0.1, 0.15) is 0 Å². The van der Waals surface area contributed by atoms with Crippen molar-refractivity contribution in [3.8, 4) is 0 Å². The molecule has 0 aliphatic carbocycles. The van der Waals surface area contributed by atoms with Gasteiger partial charge in [-0.1, -0.05) is 0 Å². The molecule has 2 heterocycles. The summed E-state index contributed by atoms with van der Waals surface area (Å²) in [6.45, 7) is 7.99. The van der Waals surface area contributed by atoms with Crippen molar-refractivity contribution in [3.05, 3.63) is 35.9 Å². The number of aryl methyl sites for hydroxylation is 2. The minimum absolute atomic E-state index is 0.0754. The highest BCUT2D eigenvalue weighted by atomic mass is 16.2. The highest BCUT2D eigenvalue weighted by molar-refractivity contribution is 5.74. The van der Waals surface area contributed by atoms with Crippen molar-refractivity contribution in [2.75, 3.05) is 6.54 Å². The lowest BCUT2D eigenvalue weighted by atomic mass is 10.2. The van der Waals surface area contributed by atoms with Crippen molar-refractivity contribution in [2.24, 2.45) is 7.05 Å². The van der Waals surface area contributed by atoms with Gasteiger partial charge in [-0.15, -0.1) is 0 Å². The molecule has 0 saturated carbocycles. The lowest BCUT2D eigenvalue weighted by Crippen LogP contribution is -2.40. The zero-order valence-electron chi connectivity index (χ0n) is 13.7. The van der Waals surface area contributed by atoms with Crippen LogP contribution >= 0.6 is 0 Å².